The van der Waals surface area contributed by atoms with Crippen LogP contribution in [0.15, 0.2) is 12.5 Å². The molecular formula is C17H27N5O2S. The molecule has 0 aromatic carbocycles. The molecule has 0 saturated carbocycles. The molecule has 1 aromatic rings. The lowest BCUT2D eigenvalue weighted by Gasteiger charge is -2.28. The molecule has 0 spiro atoms. The quantitative estimate of drug-likeness (QED) is 0.807. The number of hydrogen-bond donors (Lipinski definition) is 0. The van der Waals surface area contributed by atoms with Crippen LogP contribution < -0.4 is 4.90 Å². The summed E-state index contributed by atoms with van der Waals surface area (Å²) in [6, 6.07) is 0. The van der Waals surface area contributed by atoms with Crippen LogP contribution in [0.3, 0.4) is 0 Å². The van der Waals surface area contributed by atoms with E-state index in [2.05, 4.69) is 14.9 Å². The van der Waals surface area contributed by atoms with Crippen molar-refractivity contribution >= 4 is 16.0 Å². The minimum atomic E-state index is -3.29. The summed E-state index contributed by atoms with van der Waals surface area (Å²) in [6.45, 7) is 6.44. The van der Waals surface area contributed by atoms with E-state index in [-0.39, 0.29) is 0 Å². The van der Waals surface area contributed by atoms with Crippen LogP contribution in [0.4, 0.5) is 5.82 Å². The standard InChI is InChI=1S/C17H27N5O2S/c1-14-8-18-13-19-17(14)20-9-15-11-22(12-16(15)10-20)25(23,24)21-6-4-2-3-5-7-21/h8,13,15-16H,2-7,9-12H2,1H3. The normalized spacial score (nSPS) is 28.9. The van der Waals surface area contributed by atoms with Crippen molar-refractivity contribution in [3.63, 3.8) is 0 Å². The zero-order valence-electron chi connectivity index (χ0n) is 14.8. The van der Waals surface area contributed by atoms with Crippen LogP contribution in [-0.2, 0) is 10.2 Å². The van der Waals surface area contributed by atoms with Gasteiger partial charge in [0.1, 0.15) is 12.1 Å². The van der Waals surface area contributed by atoms with Crippen molar-refractivity contribution < 1.29 is 8.42 Å². The van der Waals surface area contributed by atoms with Gasteiger partial charge in [-0.15, -0.1) is 0 Å². The molecule has 1 aromatic heterocycles. The predicted molar refractivity (Wildman–Crippen MR) is 96.5 cm³/mol. The molecule has 8 heteroatoms. The number of hydrogen-bond acceptors (Lipinski definition) is 5. The Hall–Kier alpha value is -1.25. The number of aromatic nitrogens is 2. The number of aryl methyl sites for hydroxylation is 1. The highest BCUT2D eigenvalue weighted by Gasteiger charge is 2.45. The minimum Gasteiger partial charge on any atom is -0.356 e. The lowest BCUT2D eigenvalue weighted by atomic mass is 10.0. The monoisotopic (exact) mass is 365 g/mol. The number of anilines is 1. The number of nitrogens with zero attached hydrogens (tertiary/aromatic N) is 5. The van der Waals surface area contributed by atoms with Gasteiger partial charge in [-0.3, -0.25) is 0 Å². The van der Waals surface area contributed by atoms with E-state index >= 15 is 0 Å². The van der Waals surface area contributed by atoms with E-state index in [4.69, 9.17) is 0 Å². The van der Waals surface area contributed by atoms with Gasteiger partial charge in [0.25, 0.3) is 10.2 Å². The zero-order valence-corrected chi connectivity index (χ0v) is 15.7. The Morgan fingerprint density at radius 2 is 1.60 bits per heavy atom. The average Bonchev–Trinajstić information content (AvgIpc) is 3.03. The summed E-state index contributed by atoms with van der Waals surface area (Å²) in [6.07, 6.45) is 7.69. The third-order valence-corrected chi connectivity index (χ3v) is 7.81. The van der Waals surface area contributed by atoms with Crippen molar-refractivity contribution in [3.8, 4) is 0 Å². The highest BCUT2D eigenvalue weighted by atomic mass is 32.2. The molecule has 138 valence electrons. The second-order valence-corrected chi connectivity index (χ2v) is 9.52. The van der Waals surface area contributed by atoms with Crippen LogP contribution in [0.5, 0.6) is 0 Å². The van der Waals surface area contributed by atoms with Crippen molar-refractivity contribution in [2.24, 2.45) is 11.8 Å². The minimum absolute atomic E-state index is 0.399. The highest BCUT2D eigenvalue weighted by Crippen LogP contribution is 2.36. The topological polar surface area (TPSA) is 69.6 Å². The first-order chi connectivity index (χ1) is 12.1. The average molecular weight is 366 g/mol. The summed E-state index contributed by atoms with van der Waals surface area (Å²) in [7, 11) is -3.29. The number of fused-ring (bicyclic) bond motifs is 1. The van der Waals surface area contributed by atoms with Crippen LogP contribution in [0.25, 0.3) is 0 Å². The van der Waals surface area contributed by atoms with Crippen LogP contribution in [0, 0.1) is 18.8 Å². The van der Waals surface area contributed by atoms with E-state index in [1.165, 1.54) is 0 Å². The van der Waals surface area contributed by atoms with E-state index < -0.39 is 10.2 Å². The van der Waals surface area contributed by atoms with E-state index in [0.29, 0.717) is 38.0 Å². The summed E-state index contributed by atoms with van der Waals surface area (Å²) >= 11 is 0. The van der Waals surface area contributed by atoms with Gasteiger partial charge in [0, 0.05) is 51.0 Å². The molecule has 4 rings (SSSR count). The van der Waals surface area contributed by atoms with Crippen LogP contribution >= 0.6 is 0 Å². The molecule has 7 nitrogen and oxygen atoms in total. The molecule has 3 saturated heterocycles. The van der Waals surface area contributed by atoms with Gasteiger partial charge in [-0.05, 0) is 31.6 Å². The lowest BCUT2D eigenvalue weighted by Crippen LogP contribution is -2.44. The summed E-state index contributed by atoms with van der Waals surface area (Å²) in [5, 5.41) is 0. The van der Waals surface area contributed by atoms with Crippen molar-refractivity contribution in [2.75, 3.05) is 44.2 Å². The summed E-state index contributed by atoms with van der Waals surface area (Å²) < 4.78 is 29.4. The smallest absolute Gasteiger partial charge is 0.281 e. The SMILES string of the molecule is Cc1cncnc1N1CC2CN(S(=O)(=O)N3CCCCCC3)CC2C1. The first-order valence-electron chi connectivity index (χ1n) is 9.32. The summed E-state index contributed by atoms with van der Waals surface area (Å²) in [5.74, 6) is 1.79. The Labute approximate surface area is 150 Å². The van der Waals surface area contributed by atoms with Crippen LogP contribution in [0.2, 0.25) is 0 Å². The molecule has 0 amide bonds. The molecule has 4 heterocycles. The van der Waals surface area contributed by atoms with Gasteiger partial charge in [0.05, 0.1) is 0 Å². The Morgan fingerprint density at radius 3 is 2.20 bits per heavy atom. The van der Waals surface area contributed by atoms with Crippen molar-refractivity contribution in [1.82, 2.24) is 18.6 Å². The van der Waals surface area contributed by atoms with Crippen LogP contribution in [0.1, 0.15) is 31.2 Å². The van der Waals surface area contributed by atoms with Gasteiger partial charge in [0.15, 0.2) is 0 Å². The molecule has 2 atom stereocenters. The van der Waals surface area contributed by atoms with Crippen LogP contribution in [-0.4, -0.2) is 66.3 Å². The van der Waals surface area contributed by atoms with Crippen molar-refractivity contribution in [1.29, 1.82) is 0 Å². The Bertz CT molecular complexity index is 704. The van der Waals surface area contributed by atoms with Gasteiger partial charge in [-0.2, -0.15) is 17.0 Å². The summed E-state index contributed by atoms with van der Waals surface area (Å²) in [4.78, 5) is 10.8. The molecule has 25 heavy (non-hydrogen) atoms. The fourth-order valence-corrected chi connectivity index (χ4v) is 6.28. The second-order valence-electron chi connectivity index (χ2n) is 7.59. The molecule has 0 radical (unpaired) electrons. The van der Waals surface area contributed by atoms with E-state index in [9.17, 15) is 8.42 Å². The van der Waals surface area contributed by atoms with Gasteiger partial charge in [-0.1, -0.05) is 12.8 Å². The molecule has 3 aliphatic rings. The first kappa shape index (κ1) is 17.2. The maximum atomic E-state index is 13.0. The first-order valence-corrected chi connectivity index (χ1v) is 10.7. The third-order valence-electron chi connectivity index (χ3n) is 5.84. The molecule has 3 fully saturated rings. The van der Waals surface area contributed by atoms with Gasteiger partial charge in [0.2, 0.25) is 0 Å². The largest absolute Gasteiger partial charge is 0.356 e. The maximum Gasteiger partial charge on any atom is 0.281 e. The summed E-state index contributed by atoms with van der Waals surface area (Å²) in [5.41, 5.74) is 1.08. The van der Waals surface area contributed by atoms with Gasteiger partial charge in [-0.25, -0.2) is 9.97 Å². The van der Waals surface area contributed by atoms with Crippen molar-refractivity contribution in [2.45, 2.75) is 32.6 Å². The van der Waals surface area contributed by atoms with E-state index in [1.54, 1.807) is 14.9 Å². The third kappa shape index (κ3) is 3.27. The second kappa shape index (κ2) is 6.81. The predicted octanol–water partition coefficient (Wildman–Crippen LogP) is 1.27. The Morgan fingerprint density at radius 1 is 0.960 bits per heavy atom. The van der Waals surface area contributed by atoms with E-state index in [1.807, 2.05) is 13.1 Å². The van der Waals surface area contributed by atoms with Crippen molar-refractivity contribution in [3.05, 3.63) is 18.1 Å². The molecule has 0 bridgehead atoms. The fourth-order valence-electron chi connectivity index (χ4n) is 4.47. The molecule has 0 N–H and O–H groups in total. The molecular weight excluding hydrogens is 338 g/mol. The zero-order chi connectivity index (χ0) is 17.4. The maximum absolute atomic E-state index is 13.0. The van der Waals surface area contributed by atoms with Gasteiger partial charge >= 0.3 is 0 Å². The van der Waals surface area contributed by atoms with Gasteiger partial charge < -0.3 is 4.90 Å². The van der Waals surface area contributed by atoms with E-state index in [0.717, 1.165) is 50.2 Å². The highest BCUT2D eigenvalue weighted by molar-refractivity contribution is 7.86. The molecule has 3 aliphatic heterocycles. The number of rotatable bonds is 3. The fraction of sp³-hybridized carbons (Fsp3) is 0.765. The lowest BCUT2D eigenvalue weighted by molar-refractivity contribution is 0.359. The Balaban J connectivity index is 1.43. The Kier molecular flexibility index (Phi) is 4.68. The molecule has 2 unspecified atom stereocenters. The molecule has 0 aliphatic carbocycles.